The summed E-state index contributed by atoms with van der Waals surface area (Å²) in [6.45, 7) is 2.75. The number of hydrogen-bond acceptors (Lipinski definition) is 7. The zero-order chi connectivity index (χ0) is 26.8. The van der Waals surface area contributed by atoms with Gasteiger partial charge in [-0.05, 0) is 41.0 Å². The van der Waals surface area contributed by atoms with Gasteiger partial charge < -0.3 is 9.30 Å². The number of carbonyl (C=O) groups excluding carboxylic acids is 1. The van der Waals surface area contributed by atoms with Crippen LogP contribution in [0.2, 0.25) is 0 Å². The number of unbranched alkanes of at least 4 members (excludes halogenated alkanes) is 1. The molecule has 6 rings (SSSR count). The summed E-state index contributed by atoms with van der Waals surface area (Å²) >= 11 is 0. The highest BCUT2D eigenvalue weighted by Gasteiger charge is 2.20. The van der Waals surface area contributed by atoms with E-state index < -0.39 is 0 Å². The predicted molar refractivity (Wildman–Crippen MR) is 149 cm³/mol. The molecule has 0 saturated carbocycles. The molecule has 0 spiro atoms. The van der Waals surface area contributed by atoms with Crippen molar-refractivity contribution in [2.24, 2.45) is 0 Å². The van der Waals surface area contributed by atoms with Gasteiger partial charge in [-0.3, -0.25) is 4.98 Å². The number of ether oxygens (including phenoxy) is 1. The third-order valence-electron chi connectivity index (χ3n) is 6.95. The number of aromatic amines is 1. The van der Waals surface area contributed by atoms with E-state index in [2.05, 4.69) is 67.4 Å². The first-order valence-corrected chi connectivity index (χ1v) is 12.9. The first-order chi connectivity index (χ1) is 19.2. The van der Waals surface area contributed by atoms with Crippen molar-refractivity contribution in [1.82, 2.24) is 35.2 Å². The van der Waals surface area contributed by atoms with Crippen LogP contribution in [0.4, 0.5) is 0 Å². The largest absolute Gasteiger partial charge is 0.465 e. The van der Waals surface area contributed by atoms with Gasteiger partial charge in [0.25, 0.3) is 0 Å². The smallest absolute Gasteiger partial charge is 0.340 e. The molecule has 0 aliphatic carbocycles. The number of rotatable bonds is 8. The van der Waals surface area contributed by atoms with E-state index >= 15 is 0 Å². The maximum Gasteiger partial charge on any atom is 0.340 e. The Morgan fingerprint density at radius 2 is 1.82 bits per heavy atom. The van der Waals surface area contributed by atoms with E-state index in [1.165, 1.54) is 7.11 Å². The zero-order valence-corrected chi connectivity index (χ0v) is 21.8. The van der Waals surface area contributed by atoms with E-state index in [1.807, 2.05) is 30.3 Å². The van der Waals surface area contributed by atoms with Crippen LogP contribution >= 0.6 is 0 Å². The van der Waals surface area contributed by atoms with Crippen molar-refractivity contribution in [2.45, 2.75) is 32.7 Å². The molecule has 9 nitrogen and oxygen atoms in total. The third-order valence-corrected chi connectivity index (χ3v) is 6.95. The number of para-hydroxylation sites is 2. The highest BCUT2D eigenvalue weighted by Crippen LogP contribution is 2.36. The van der Waals surface area contributed by atoms with Gasteiger partial charge in [0.2, 0.25) is 5.82 Å². The molecular weight excluding hydrogens is 490 g/mol. The molecule has 3 aromatic heterocycles. The molecule has 9 heteroatoms. The number of aromatic nitrogens is 7. The second-order valence-electron chi connectivity index (χ2n) is 9.38. The Balaban J connectivity index is 1.43. The van der Waals surface area contributed by atoms with Crippen molar-refractivity contribution in [3.8, 4) is 22.5 Å². The molecule has 39 heavy (non-hydrogen) atoms. The summed E-state index contributed by atoms with van der Waals surface area (Å²) in [5.41, 5.74) is 6.94. The van der Waals surface area contributed by atoms with Gasteiger partial charge in [-0.1, -0.05) is 61.9 Å². The summed E-state index contributed by atoms with van der Waals surface area (Å²) < 4.78 is 7.23. The summed E-state index contributed by atoms with van der Waals surface area (Å²) in [5, 5.41) is 15.7. The van der Waals surface area contributed by atoms with Crippen molar-refractivity contribution >= 4 is 27.9 Å². The number of pyridine rings is 1. The molecule has 0 radical (unpaired) electrons. The van der Waals surface area contributed by atoms with Crippen LogP contribution < -0.4 is 0 Å². The van der Waals surface area contributed by atoms with E-state index in [1.54, 1.807) is 12.3 Å². The molecular formula is C30H27N7O2. The fourth-order valence-electron chi connectivity index (χ4n) is 5.06. The Hall–Kier alpha value is -4.92. The van der Waals surface area contributed by atoms with Crippen molar-refractivity contribution < 1.29 is 9.53 Å². The van der Waals surface area contributed by atoms with Crippen LogP contribution in [0.15, 0.2) is 72.9 Å². The topological polar surface area (TPSA) is 111 Å². The quantitative estimate of drug-likeness (QED) is 0.261. The number of tetrazole rings is 1. The minimum Gasteiger partial charge on any atom is -0.465 e. The van der Waals surface area contributed by atoms with Gasteiger partial charge in [0.1, 0.15) is 5.82 Å². The lowest BCUT2D eigenvalue weighted by molar-refractivity contribution is 0.0602. The lowest BCUT2D eigenvalue weighted by Gasteiger charge is -2.14. The molecule has 1 N–H and O–H groups in total. The second-order valence-corrected chi connectivity index (χ2v) is 9.38. The monoisotopic (exact) mass is 517 g/mol. The fourth-order valence-corrected chi connectivity index (χ4v) is 5.06. The molecule has 3 aromatic carbocycles. The minimum absolute atomic E-state index is 0.363. The predicted octanol–water partition coefficient (Wildman–Crippen LogP) is 5.61. The molecule has 0 aliphatic heterocycles. The first kappa shape index (κ1) is 24.4. The molecule has 6 aromatic rings. The summed E-state index contributed by atoms with van der Waals surface area (Å²) in [4.78, 5) is 22.1. The van der Waals surface area contributed by atoms with Crippen LogP contribution in [0.1, 0.15) is 41.5 Å². The number of imidazole rings is 1. The maximum atomic E-state index is 12.6. The first-order valence-electron chi connectivity index (χ1n) is 12.9. The van der Waals surface area contributed by atoms with Gasteiger partial charge in [0, 0.05) is 35.7 Å². The second kappa shape index (κ2) is 10.4. The standard InChI is InChI=1S/C30H27N7O2/c1-3-4-12-26-32-25-11-7-9-22(30(38)39-2)28(25)37(26)18-19-13-15-20(16-14-19)27-21-8-5-6-10-24(21)31-17-23(27)29-33-35-36-34-29/h5-11,13-17H,3-4,12,18H2,1-2H3,(H,33,34,35,36). The summed E-state index contributed by atoms with van der Waals surface area (Å²) in [6, 6.07) is 22.1. The molecule has 0 aliphatic rings. The van der Waals surface area contributed by atoms with Crippen LogP contribution in [0, 0.1) is 0 Å². The molecule has 3 heterocycles. The van der Waals surface area contributed by atoms with E-state index in [4.69, 9.17) is 9.72 Å². The Labute approximate surface area is 224 Å². The fraction of sp³-hybridized carbons (Fsp3) is 0.200. The number of fused-ring (bicyclic) bond motifs is 2. The number of H-pyrrole nitrogens is 1. The number of methoxy groups -OCH3 is 1. The van der Waals surface area contributed by atoms with Gasteiger partial charge in [-0.15, -0.1) is 10.2 Å². The van der Waals surface area contributed by atoms with E-state index in [0.29, 0.717) is 17.9 Å². The third kappa shape index (κ3) is 4.52. The number of nitrogens with zero attached hydrogens (tertiary/aromatic N) is 6. The summed E-state index contributed by atoms with van der Waals surface area (Å²) in [7, 11) is 1.41. The van der Waals surface area contributed by atoms with Crippen LogP contribution in [-0.2, 0) is 17.7 Å². The van der Waals surface area contributed by atoms with Gasteiger partial charge >= 0.3 is 5.97 Å². The number of hydrogen-bond donors (Lipinski definition) is 1. The zero-order valence-electron chi connectivity index (χ0n) is 21.8. The van der Waals surface area contributed by atoms with Crippen LogP contribution in [0.25, 0.3) is 44.5 Å². The van der Waals surface area contributed by atoms with E-state index in [-0.39, 0.29) is 5.97 Å². The van der Waals surface area contributed by atoms with Crippen molar-refractivity contribution in [2.75, 3.05) is 7.11 Å². The van der Waals surface area contributed by atoms with Gasteiger partial charge in [-0.2, -0.15) is 5.21 Å². The minimum atomic E-state index is -0.363. The Morgan fingerprint density at radius 3 is 2.59 bits per heavy atom. The summed E-state index contributed by atoms with van der Waals surface area (Å²) in [5.74, 6) is 1.10. The number of carbonyl (C=O) groups is 1. The lowest BCUT2D eigenvalue weighted by Crippen LogP contribution is -2.09. The van der Waals surface area contributed by atoms with Gasteiger partial charge in [0.05, 0.1) is 29.2 Å². The number of nitrogens with one attached hydrogen (secondary N) is 1. The SMILES string of the molecule is CCCCc1nc2cccc(C(=O)OC)c2n1Cc1ccc(-c2c(-c3nn[nH]n3)cnc3ccccc23)cc1. The van der Waals surface area contributed by atoms with Crippen molar-refractivity contribution in [3.63, 3.8) is 0 Å². The number of esters is 1. The Kier molecular flexibility index (Phi) is 6.54. The number of aryl methyl sites for hydroxylation is 1. The average Bonchev–Trinajstić information content (AvgIpc) is 3.64. The van der Waals surface area contributed by atoms with Crippen molar-refractivity contribution in [3.05, 3.63) is 89.9 Å². The lowest BCUT2D eigenvalue weighted by atomic mass is 9.95. The average molecular weight is 518 g/mol. The molecule has 0 bridgehead atoms. The summed E-state index contributed by atoms with van der Waals surface area (Å²) in [6.07, 6.45) is 4.71. The highest BCUT2D eigenvalue weighted by atomic mass is 16.5. The Morgan fingerprint density at radius 1 is 1.00 bits per heavy atom. The van der Waals surface area contributed by atoms with Crippen molar-refractivity contribution in [1.29, 1.82) is 0 Å². The molecule has 194 valence electrons. The molecule has 0 fully saturated rings. The highest BCUT2D eigenvalue weighted by molar-refractivity contribution is 6.02. The maximum absolute atomic E-state index is 12.6. The normalized spacial score (nSPS) is 11.3. The molecule has 0 atom stereocenters. The van der Waals surface area contributed by atoms with Crippen LogP contribution in [0.5, 0.6) is 0 Å². The Bertz CT molecular complexity index is 1770. The van der Waals surface area contributed by atoms with Gasteiger partial charge in [0.15, 0.2) is 0 Å². The van der Waals surface area contributed by atoms with Crippen LogP contribution in [-0.4, -0.2) is 48.2 Å². The molecule has 0 amide bonds. The molecule has 0 unspecified atom stereocenters. The van der Waals surface area contributed by atoms with E-state index in [0.717, 1.165) is 69.3 Å². The van der Waals surface area contributed by atoms with Crippen LogP contribution in [0.3, 0.4) is 0 Å². The number of benzene rings is 3. The molecule has 0 saturated heterocycles. The van der Waals surface area contributed by atoms with E-state index in [9.17, 15) is 4.79 Å². The van der Waals surface area contributed by atoms with Gasteiger partial charge in [-0.25, -0.2) is 9.78 Å².